The van der Waals surface area contributed by atoms with Gasteiger partial charge in [-0.05, 0) is 55.5 Å². The van der Waals surface area contributed by atoms with Crippen LogP contribution in [0.3, 0.4) is 0 Å². The maximum atomic E-state index is 13.4. The third kappa shape index (κ3) is 6.00. The van der Waals surface area contributed by atoms with Gasteiger partial charge in [-0.15, -0.1) is 0 Å². The molecule has 0 radical (unpaired) electrons. The molecule has 6 nitrogen and oxygen atoms in total. The average molecular weight is 700 g/mol. The molecular formula is C30H19Br2Cl2N3O3. The molecule has 200 valence electrons. The number of carbonyl (C=O) groups is 2. The Bertz CT molecular complexity index is 1820. The molecule has 1 heterocycles. The van der Waals surface area contributed by atoms with E-state index in [1.165, 1.54) is 6.21 Å². The van der Waals surface area contributed by atoms with Crippen LogP contribution in [0.2, 0.25) is 10.0 Å². The van der Waals surface area contributed by atoms with E-state index in [0.717, 1.165) is 19.9 Å². The molecule has 0 saturated carbocycles. The van der Waals surface area contributed by atoms with Crippen LogP contribution < -0.4 is 10.2 Å². The molecule has 40 heavy (non-hydrogen) atoms. The molecule has 0 fully saturated rings. The molecule has 2 N–H and O–H groups in total. The third-order valence-electron chi connectivity index (χ3n) is 5.99. The van der Waals surface area contributed by atoms with Crippen LogP contribution in [-0.4, -0.2) is 23.1 Å². The summed E-state index contributed by atoms with van der Waals surface area (Å²) in [6.45, 7) is 1.90. The smallest absolute Gasteiger partial charge is 0.343 e. The summed E-state index contributed by atoms with van der Waals surface area (Å²) in [5.41, 5.74) is 6.48. The molecule has 0 aliphatic rings. The third-order valence-corrected chi connectivity index (χ3v) is 7.57. The molecule has 0 aliphatic heterocycles. The summed E-state index contributed by atoms with van der Waals surface area (Å²) < 4.78 is 7.13. The van der Waals surface area contributed by atoms with Gasteiger partial charge in [0.2, 0.25) is 0 Å². The molecule has 0 atom stereocenters. The van der Waals surface area contributed by atoms with Gasteiger partial charge in [0.15, 0.2) is 0 Å². The number of hydrogen-bond acceptors (Lipinski definition) is 4. The van der Waals surface area contributed by atoms with Gasteiger partial charge in [-0.1, -0.05) is 91.0 Å². The second-order valence-electron chi connectivity index (χ2n) is 8.81. The van der Waals surface area contributed by atoms with Gasteiger partial charge in [0, 0.05) is 36.0 Å². The number of nitrogens with one attached hydrogen (secondary N) is 2. The van der Waals surface area contributed by atoms with Crippen LogP contribution >= 0.6 is 55.1 Å². The number of fused-ring (bicyclic) bond motifs is 1. The zero-order valence-electron chi connectivity index (χ0n) is 20.8. The van der Waals surface area contributed by atoms with Crippen molar-refractivity contribution in [2.75, 3.05) is 0 Å². The van der Waals surface area contributed by atoms with Gasteiger partial charge in [0.05, 0.1) is 22.3 Å². The molecule has 0 bridgehead atoms. The summed E-state index contributed by atoms with van der Waals surface area (Å²) in [6, 6.07) is 23.1. The number of carbonyl (C=O) groups excluding carboxylic acids is 2. The number of halogens is 4. The van der Waals surface area contributed by atoms with Crippen molar-refractivity contribution in [1.29, 1.82) is 0 Å². The number of aromatic amines is 1. The average Bonchev–Trinajstić information content (AvgIpc) is 3.30. The van der Waals surface area contributed by atoms with Crippen LogP contribution in [0.5, 0.6) is 5.75 Å². The summed E-state index contributed by atoms with van der Waals surface area (Å²) in [5.74, 6) is -0.732. The number of esters is 1. The van der Waals surface area contributed by atoms with Crippen molar-refractivity contribution in [1.82, 2.24) is 10.4 Å². The fourth-order valence-electron chi connectivity index (χ4n) is 4.19. The number of ether oxygens (including phenoxy) is 1. The normalized spacial score (nSPS) is 11.2. The van der Waals surface area contributed by atoms with Crippen LogP contribution in [0.4, 0.5) is 0 Å². The maximum absolute atomic E-state index is 13.4. The number of rotatable bonds is 6. The van der Waals surface area contributed by atoms with Crippen molar-refractivity contribution < 1.29 is 14.3 Å². The SMILES string of the molecule is Cc1cccc(C(=O)Oc2ccc(Br)cc2C=NNC(=O)c2[nH]c3c(Cl)cc(Br)cc3c2-c2ccccc2Cl)c1. The number of aryl methyl sites for hydroxylation is 1. The largest absolute Gasteiger partial charge is 0.422 e. The van der Waals surface area contributed by atoms with Gasteiger partial charge < -0.3 is 9.72 Å². The Labute approximate surface area is 256 Å². The summed E-state index contributed by atoms with van der Waals surface area (Å²) in [6.07, 6.45) is 1.41. The maximum Gasteiger partial charge on any atom is 0.343 e. The molecule has 1 amide bonds. The molecule has 0 unspecified atom stereocenters. The van der Waals surface area contributed by atoms with Crippen molar-refractivity contribution in [3.63, 3.8) is 0 Å². The number of amides is 1. The second kappa shape index (κ2) is 12.0. The van der Waals surface area contributed by atoms with E-state index >= 15 is 0 Å². The Morgan fingerprint density at radius 3 is 2.50 bits per heavy atom. The van der Waals surface area contributed by atoms with Crippen LogP contribution in [0.15, 0.2) is 92.9 Å². The lowest BCUT2D eigenvalue weighted by Gasteiger charge is -2.09. The Hall–Kier alpha value is -3.43. The van der Waals surface area contributed by atoms with Crippen molar-refractivity contribution in [3.8, 4) is 16.9 Å². The molecule has 10 heteroatoms. The van der Waals surface area contributed by atoms with E-state index in [4.69, 9.17) is 27.9 Å². The molecular weight excluding hydrogens is 681 g/mol. The van der Waals surface area contributed by atoms with E-state index < -0.39 is 11.9 Å². The minimum Gasteiger partial charge on any atom is -0.422 e. The summed E-state index contributed by atoms with van der Waals surface area (Å²) in [4.78, 5) is 29.3. The Morgan fingerprint density at radius 1 is 0.925 bits per heavy atom. The fourth-order valence-corrected chi connectivity index (χ4v) is 5.66. The summed E-state index contributed by atoms with van der Waals surface area (Å²) >= 11 is 19.9. The van der Waals surface area contributed by atoms with Gasteiger partial charge in [0.1, 0.15) is 11.4 Å². The first-order chi connectivity index (χ1) is 19.2. The fraction of sp³-hybridized carbons (Fsp3) is 0.0333. The number of benzene rings is 4. The molecule has 4 aromatic carbocycles. The molecule has 0 spiro atoms. The van der Waals surface area contributed by atoms with E-state index in [1.807, 2.05) is 37.3 Å². The van der Waals surface area contributed by atoms with Gasteiger partial charge in [-0.2, -0.15) is 5.10 Å². The van der Waals surface area contributed by atoms with Crippen molar-refractivity contribution >= 4 is 84.1 Å². The Balaban J connectivity index is 1.45. The first kappa shape index (κ1) is 28.1. The number of aromatic nitrogens is 1. The monoisotopic (exact) mass is 697 g/mol. The summed E-state index contributed by atoms with van der Waals surface area (Å²) in [7, 11) is 0. The van der Waals surface area contributed by atoms with E-state index in [2.05, 4.69) is 47.4 Å². The lowest BCUT2D eigenvalue weighted by Crippen LogP contribution is -2.19. The summed E-state index contributed by atoms with van der Waals surface area (Å²) in [5, 5.41) is 5.79. The van der Waals surface area contributed by atoms with Gasteiger partial charge in [-0.3, -0.25) is 4.79 Å². The highest BCUT2D eigenvalue weighted by molar-refractivity contribution is 9.10. The van der Waals surface area contributed by atoms with E-state index in [-0.39, 0.29) is 11.4 Å². The first-order valence-electron chi connectivity index (χ1n) is 11.9. The predicted molar refractivity (Wildman–Crippen MR) is 167 cm³/mol. The molecule has 5 rings (SSSR count). The topological polar surface area (TPSA) is 83.5 Å². The van der Waals surface area contributed by atoms with E-state index in [0.29, 0.717) is 37.8 Å². The van der Waals surface area contributed by atoms with Gasteiger partial charge >= 0.3 is 5.97 Å². The zero-order valence-corrected chi connectivity index (χ0v) is 25.5. The van der Waals surface area contributed by atoms with Crippen molar-refractivity contribution in [2.24, 2.45) is 5.10 Å². The van der Waals surface area contributed by atoms with Gasteiger partial charge in [-0.25, -0.2) is 10.2 Å². The molecule has 1 aromatic heterocycles. The second-order valence-corrected chi connectivity index (χ2v) is 11.5. The van der Waals surface area contributed by atoms with Crippen molar-refractivity contribution in [3.05, 3.63) is 120 Å². The molecule has 0 aliphatic carbocycles. The molecule has 5 aromatic rings. The highest BCUT2D eigenvalue weighted by Crippen LogP contribution is 2.40. The predicted octanol–water partition coefficient (Wildman–Crippen LogP) is 8.96. The van der Waals surface area contributed by atoms with Crippen LogP contribution in [0.1, 0.15) is 32.0 Å². The van der Waals surface area contributed by atoms with E-state index in [1.54, 1.807) is 48.5 Å². The highest BCUT2D eigenvalue weighted by atomic mass is 79.9. The quantitative estimate of drug-likeness (QED) is 0.0804. The number of H-pyrrole nitrogens is 1. The lowest BCUT2D eigenvalue weighted by molar-refractivity contribution is 0.0734. The highest BCUT2D eigenvalue weighted by Gasteiger charge is 2.22. The lowest BCUT2D eigenvalue weighted by atomic mass is 10.0. The number of hydrogen-bond donors (Lipinski definition) is 2. The zero-order chi connectivity index (χ0) is 28.4. The Morgan fingerprint density at radius 2 is 1.73 bits per heavy atom. The van der Waals surface area contributed by atoms with Gasteiger partial charge in [0.25, 0.3) is 5.91 Å². The number of hydrazone groups is 1. The Kier molecular flexibility index (Phi) is 8.42. The first-order valence-corrected chi connectivity index (χ1v) is 14.2. The van der Waals surface area contributed by atoms with Crippen LogP contribution in [-0.2, 0) is 0 Å². The van der Waals surface area contributed by atoms with Crippen molar-refractivity contribution in [2.45, 2.75) is 6.92 Å². The minimum absolute atomic E-state index is 0.237. The molecule has 0 saturated heterocycles. The van der Waals surface area contributed by atoms with Crippen LogP contribution in [0, 0.1) is 6.92 Å². The minimum atomic E-state index is -0.511. The number of nitrogens with zero attached hydrogens (tertiary/aromatic N) is 1. The van der Waals surface area contributed by atoms with E-state index in [9.17, 15) is 9.59 Å². The standard InChI is InChI=1S/C30H19Br2Cl2N3O3/c1-16-5-4-6-17(11-16)30(39)40-25-10-9-19(31)12-18(25)15-35-37-29(38)28-26(21-7-2-3-8-23(21)33)22-13-20(32)14-24(34)27(22)36-28/h2-15,36H,1H3,(H,37,38). The van der Waals surface area contributed by atoms with Crippen LogP contribution in [0.25, 0.3) is 22.0 Å².